The lowest BCUT2D eigenvalue weighted by Gasteiger charge is -2.11. The number of hydrogen-bond acceptors (Lipinski definition) is 6. The Hall–Kier alpha value is -3.07. The largest absolute Gasteiger partial charge is 0.448 e. The van der Waals surface area contributed by atoms with E-state index in [0.717, 1.165) is 10.3 Å². The summed E-state index contributed by atoms with van der Waals surface area (Å²) in [6.45, 7) is 0.359. The van der Waals surface area contributed by atoms with E-state index in [9.17, 15) is 9.59 Å². The van der Waals surface area contributed by atoms with Crippen molar-refractivity contribution in [1.29, 1.82) is 0 Å². The first-order chi connectivity index (χ1) is 15.6. The Kier molecular flexibility index (Phi) is 5.73. The average Bonchev–Trinajstić information content (AvgIpc) is 3.44. The van der Waals surface area contributed by atoms with Gasteiger partial charge in [0, 0.05) is 21.0 Å². The third kappa shape index (κ3) is 4.17. The first-order valence-electron chi connectivity index (χ1n) is 9.71. The van der Waals surface area contributed by atoms with E-state index in [4.69, 9.17) is 21.0 Å². The molecule has 0 saturated carbocycles. The normalized spacial score (nSPS) is 11.3. The smallest absolute Gasteiger partial charge is 0.298 e. The molecule has 0 bridgehead atoms. The van der Waals surface area contributed by atoms with E-state index in [1.54, 1.807) is 40.2 Å². The van der Waals surface area contributed by atoms with Crippen molar-refractivity contribution in [3.05, 3.63) is 86.3 Å². The van der Waals surface area contributed by atoms with Gasteiger partial charge in [0.1, 0.15) is 11.1 Å². The lowest BCUT2D eigenvalue weighted by molar-refractivity contribution is -0.113. The van der Waals surface area contributed by atoms with Crippen LogP contribution in [0.1, 0.15) is 4.88 Å². The number of amides is 1. The molecule has 0 aliphatic heterocycles. The number of nitrogens with zero attached hydrogens (tertiary/aromatic N) is 2. The van der Waals surface area contributed by atoms with Gasteiger partial charge in [-0.25, -0.2) is 4.98 Å². The second-order valence-corrected chi connectivity index (χ2v) is 9.40. The molecule has 160 valence electrons. The van der Waals surface area contributed by atoms with Crippen LogP contribution in [0.15, 0.2) is 80.4 Å². The summed E-state index contributed by atoms with van der Waals surface area (Å²) in [5.74, 6) is -0.104. The van der Waals surface area contributed by atoms with E-state index < -0.39 is 0 Å². The molecule has 3 aromatic heterocycles. The highest BCUT2D eigenvalue weighted by molar-refractivity contribution is 7.99. The zero-order valence-corrected chi connectivity index (χ0v) is 19.0. The molecule has 0 aliphatic carbocycles. The fraction of sp³-hybridized carbons (Fsp3) is 0.0870. The van der Waals surface area contributed by atoms with E-state index in [1.807, 2.05) is 41.8 Å². The number of furan rings is 1. The summed E-state index contributed by atoms with van der Waals surface area (Å²) in [5, 5.41) is 6.63. The Balaban J connectivity index is 1.49. The fourth-order valence-electron chi connectivity index (χ4n) is 3.32. The Bertz CT molecular complexity index is 1470. The molecule has 0 aliphatic rings. The van der Waals surface area contributed by atoms with Gasteiger partial charge in [-0.15, -0.1) is 11.3 Å². The molecular formula is C23H16ClN3O3S2. The van der Waals surface area contributed by atoms with Crippen molar-refractivity contribution >= 4 is 68.4 Å². The molecule has 5 aromatic rings. The predicted molar refractivity (Wildman–Crippen MR) is 130 cm³/mol. The number of thioether (sulfide) groups is 1. The van der Waals surface area contributed by atoms with E-state index in [0.29, 0.717) is 33.5 Å². The van der Waals surface area contributed by atoms with E-state index >= 15 is 0 Å². The number of rotatable bonds is 6. The van der Waals surface area contributed by atoms with Gasteiger partial charge in [0.05, 0.1) is 12.3 Å². The van der Waals surface area contributed by atoms with Gasteiger partial charge < -0.3 is 9.73 Å². The first kappa shape index (κ1) is 20.8. The number of carbonyl (C=O) groups is 1. The van der Waals surface area contributed by atoms with Crippen molar-refractivity contribution in [2.75, 3.05) is 11.1 Å². The average molecular weight is 482 g/mol. The summed E-state index contributed by atoms with van der Waals surface area (Å²) >= 11 is 8.67. The van der Waals surface area contributed by atoms with Crippen molar-refractivity contribution in [3.8, 4) is 0 Å². The van der Waals surface area contributed by atoms with Crippen LogP contribution in [0.5, 0.6) is 0 Å². The number of thiophene rings is 1. The van der Waals surface area contributed by atoms with Crippen LogP contribution < -0.4 is 10.9 Å². The van der Waals surface area contributed by atoms with Crippen LogP contribution in [0.25, 0.3) is 22.1 Å². The van der Waals surface area contributed by atoms with Crippen LogP contribution in [0, 0.1) is 0 Å². The van der Waals surface area contributed by atoms with Crippen LogP contribution in [0.3, 0.4) is 0 Å². The first-order valence-corrected chi connectivity index (χ1v) is 12.0. The molecule has 0 saturated heterocycles. The Labute approximate surface area is 195 Å². The minimum atomic E-state index is -0.264. The third-order valence-corrected chi connectivity index (χ3v) is 6.89. The molecule has 1 N–H and O–H groups in total. The van der Waals surface area contributed by atoms with Crippen molar-refractivity contribution in [2.24, 2.45) is 0 Å². The van der Waals surface area contributed by atoms with Crippen LogP contribution >= 0.6 is 34.7 Å². The Morgan fingerprint density at radius 2 is 1.94 bits per heavy atom. The van der Waals surface area contributed by atoms with E-state index in [1.165, 1.54) is 11.8 Å². The lowest BCUT2D eigenvalue weighted by atomic mass is 10.2. The van der Waals surface area contributed by atoms with Gasteiger partial charge in [-0.3, -0.25) is 14.2 Å². The number of halogens is 1. The molecule has 9 heteroatoms. The zero-order valence-electron chi connectivity index (χ0n) is 16.6. The highest BCUT2D eigenvalue weighted by Crippen LogP contribution is 2.28. The number of aromatic nitrogens is 2. The van der Waals surface area contributed by atoms with Crippen molar-refractivity contribution < 1.29 is 9.21 Å². The van der Waals surface area contributed by atoms with Crippen molar-refractivity contribution in [1.82, 2.24) is 9.55 Å². The van der Waals surface area contributed by atoms with Gasteiger partial charge in [0.25, 0.3) is 5.56 Å². The molecule has 0 atom stereocenters. The van der Waals surface area contributed by atoms with Crippen LogP contribution in [-0.4, -0.2) is 21.2 Å². The third-order valence-electron chi connectivity index (χ3n) is 4.80. The molecule has 0 radical (unpaired) electrons. The Morgan fingerprint density at radius 1 is 1.12 bits per heavy atom. The molecule has 32 heavy (non-hydrogen) atoms. The number of fused-ring (bicyclic) bond motifs is 3. The van der Waals surface area contributed by atoms with Gasteiger partial charge in [0.15, 0.2) is 5.16 Å². The summed E-state index contributed by atoms with van der Waals surface area (Å²) < 4.78 is 7.39. The molecule has 5 rings (SSSR count). The maximum Gasteiger partial charge on any atom is 0.298 e. The molecule has 0 spiro atoms. The number of hydrogen-bond donors (Lipinski definition) is 1. The van der Waals surface area contributed by atoms with Gasteiger partial charge in [0.2, 0.25) is 11.5 Å². The molecule has 0 fully saturated rings. The second-order valence-electron chi connectivity index (χ2n) is 6.98. The van der Waals surface area contributed by atoms with E-state index in [-0.39, 0.29) is 22.8 Å². The van der Waals surface area contributed by atoms with Gasteiger partial charge >= 0.3 is 0 Å². The quantitative estimate of drug-likeness (QED) is 0.251. The summed E-state index contributed by atoms with van der Waals surface area (Å²) in [5.41, 5.74) is 1.73. The Morgan fingerprint density at radius 3 is 2.72 bits per heavy atom. The van der Waals surface area contributed by atoms with Gasteiger partial charge in [-0.1, -0.05) is 41.6 Å². The van der Waals surface area contributed by atoms with Crippen LogP contribution in [0.4, 0.5) is 5.69 Å². The zero-order chi connectivity index (χ0) is 22.1. The SMILES string of the molecule is O=C(CSc1nc2c(oc3ccccc32)c(=O)n1Cc1cccs1)Nc1ccc(Cl)cc1. The number of anilines is 1. The second kappa shape index (κ2) is 8.82. The number of benzene rings is 2. The molecular weight excluding hydrogens is 466 g/mol. The highest BCUT2D eigenvalue weighted by atomic mass is 35.5. The monoisotopic (exact) mass is 481 g/mol. The van der Waals surface area contributed by atoms with E-state index in [2.05, 4.69) is 5.32 Å². The number of nitrogens with one attached hydrogen (secondary N) is 1. The summed E-state index contributed by atoms with van der Waals surface area (Å²) in [6, 6.07) is 18.2. The fourth-order valence-corrected chi connectivity index (χ4v) is 4.93. The maximum atomic E-state index is 13.3. The standard InChI is InChI=1S/C23H16ClN3O3S2/c24-14-7-9-15(10-8-14)25-19(28)13-32-23-26-20-17-5-1-2-6-18(17)30-21(20)22(29)27(23)12-16-4-3-11-31-16/h1-11H,12-13H2,(H,25,28). The molecule has 1 amide bonds. The minimum Gasteiger partial charge on any atom is -0.448 e. The van der Waals surface area contributed by atoms with Crippen molar-refractivity contribution in [2.45, 2.75) is 11.7 Å². The van der Waals surface area contributed by atoms with Gasteiger partial charge in [-0.05, 0) is 47.8 Å². The number of para-hydroxylation sites is 1. The highest BCUT2D eigenvalue weighted by Gasteiger charge is 2.19. The number of carbonyl (C=O) groups excluding carboxylic acids is 1. The van der Waals surface area contributed by atoms with Crippen molar-refractivity contribution in [3.63, 3.8) is 0 Å². The molecule has 3 heterocycles. The summed E-state index contributed by atoms with van der Waals surface area (Å²) in [6.07, 6.45) is 0. The van der Waals surface area contributed by atoms with Crippen LogP contribution in [0.2, 0.25) is 5.02 Å². The molecule has 2 aromatic carbocycles. The summed E-state index contributed by atoms with van der Waals surface area (Å²) in [7, 11) is 0. The minimum absolute atomic E-state index is 0.0980. The van der Waals surface area contributed by atoms with Crippen LogP contribution in [-0.2, 0) is 11.3 Å². The maximum absolute atomic E-state index is 13.3. The predicted octanol–water partition coefficient (Wildman–Crippen LogP) is 5.64. The molecule has 6 nitrogen and oxygen atoms in total. The topological polar surface area (TPSA) is 77.1 Å². The lowest BCUT2D eigenvalue weighted by Crippen LogP contribution is -2.24. The summed E-state index contributed by atoms with van der Waals surface area (Å²) in [4.78, 5) is 31.6. The molecule has 0 unspecified atom stereocenters. The van der Waals surface area contributed by atoms with Gasteiger partial charge in [-0.2, -0.15) is 0 Å².